The van der Waals surface area contributed by atoms with E-state index in [2.05, 4.69) is 15.8 Å². The molecule has 0 saturated heterocycles. The normalized spacial score (nSPS) is 11.2. The largest absolute Gasteiger partial charge is 0.346 e. The molecule has 0 bridgehead atoms. The van der Waals surface area contributed by atoms with Crippen molar-refractivity contribution >= 4 is 17.5 Å². The molecule has 0 aromatic heterocycles. The number of nitrogens with one attached hydrogen (secondary N) is 2. The lowest BCUT2D eigenvalue weighted by molar-refractivity contribution is -0.126. The lowest BCUT2D eigenvalue weighted by Crippen LogP contribution is -2.38. The number of hydrazone groups is 1. The minimum absolute atomic E-state index is 0.152. The van der Waals surface area contributed by atoms with Crippen molar-refractivity contribution in [3.63, 3.8) is 0 Å². The molecular formula is C24H23N3O2. The molecule has 2 amide bonds. The molecule has 3 aromatic carbocycles. The highest BCUT2D eigenvalue weighted by molar-refractivity contribution is 5.99. The van der Waals surface area contributed by atoms with Gasteiger partial charge in [0.05, 0.1) is 18.2 Å². The first kappa shape index (κ1) is 20.0. The first-order valence-electron chi connectivity index (χ1n) is 9.41. The van der Waals surface area contributed by atoms with Gasteiger partial charge in [-0.3, -0.25) is 9.59 Å². The van der Waals surface area contributed by atoms with E-state index < -0.39 is 5.92 Å². The number of hydrogen-bond donors (Lipinski definition) is 2. The van der Waals surface area contributed by atoms with Crippen molar-refractivity contribution in [1.29, 1.82) is 0 Å². The number of benzene rings is 3. The number of carbonyl (C=O) groups excluding carboxylic acids is 2. The monoisotopic (exact) mass is 385 g/mol. The summed E-state index contributed by atoms with van der Waals surface area (Å²) < 4.78 is 0. The Kier molecular flexibility index (Phi) is 6.90. The molecule has 146 valence electrons. The van der Waals surface area contributed by atoms with E-state index in [9.17, 15) is 9.59 Å². The molecule has 2 N–H and O–H groups in total. The summed E-state index contributed by atoms with van der Waals surface area (Å²) in [4.78, 5) is 25.0. The van der Waals surface area contributed by atoms with Gasteiger partial charge in [-0.1, -0.05) is 91.0 Å². The van der Waals surface area contributed by atoms with Gasteiger partial charge in [-0.25, -0.2) is 5.43 Å². The van der Waals surface area contributed by atoms with Crippen molar-refractivity contribution in [2.45, 2.75) is 12.8 Å². The standard InChI is InChI=1S/C24H23N3O2/c1-18(19-11-5-2-6-12-19)26-27-22(28)17-25-24(29)23(20-13-7-3-8-14-20)21-15-9-4-10-16-21/h2-16,23H,17H2,1H3,(H,25,29)(H,27,28)/b26-18-. The predicted molar refractivity (Wildman–Crippen MR) is 115 cm³/mol. The number of rotatable bonds is 7. The second-order valence-corrected chi connectivity index (χ2v) is 6.57. The fourth-order valence-corrected chi connectivity index (χ4v) is 2.99. The first-order valence-corrected chi connectivity index (χ1v) is 9.41. The Hall–Kier alpha value is -3.73. The van der Waals surface area contributed by atoms with E-state index in [1.165, 1.54) is 0 Å². The zero-order valence-electron chi connectivity index (χ0n) is 16.2. The summed E-state index contributed by atoms with van der Waals surface area (Å²) in [6.45, 7) is 1.66. The van der Waals surface area contributed by atoms with Crippen LogP contribution in [0, 0.1) is 0 Å². The molecular weight excluding hydrogens is 362 g/mol. The number of amides is 2. The van der Waals surface area contributed by atoms with Crippen molar-refractivity contribution in [3.05, 3.63) is 108 Å². The Labute approximate surface area is 170 Å². The van der Waals surface area contributed by atoms with Crippen LogP contribution in [0.4, 0.5) is 0 Å². The highest BCUT2D eigenvalue weighted by Gasteiger charge is 2.22. The fourth-order valence-electron chi connectivity index (χ4n) is 2.99. The zero-order chi connectivity index (χ0) is 20.5. The molecule has 29 heavy (non-hydrogen) atoms. The second kappa shape index (κ2) is 9.99. The molecule has 0 aliphatic carbocycles. The Morgan fingerprint density at radius 2 is 1.28 bits per heavy atom. The molecule has 3 aromatic rings. The van der Waals surface area contributed by atoms with Gasteiger partial charge in [0.15, 0.2) is 0 Å². The molecule has 0 spiro atoms. The topological polar surface area (TPSA) is 70.6 Å². The van der Waals surface area contributed by atoms with Crippen LogP contribution in [-0.4, -0.2) is 24.1 Å². The molecule has 5 nitrogen and oxygen atoms in total. The zero-order valence-corrected chi connectivity index (χ0v) is 16.2. The summed E-state index contributed by atoms with van der Waals surface area (Å²) in [7, 11) is 0. The van der Waals surface area contributed by atoms with E-state index in [0.29, 0.717) is 5.71 Å². The van der Waals surface area contributed by atoms with E-state index in [1.807, 2.05) is 97.9 Å². The number of carbonyl (C=O) groups is 2. The smallest absolute Gasteiger partial charge is 0.259 e. The van der Waals surface area contributed by atoms with Crippen LogP contribution < -0.4 is 10.7 Å². The van der Waals surface area contributed by atoms with E-state index in [-0.39, 0.29) is 18.4 Å². The summed E-state index contributed by atoms with van der Waals surface area (Å²) in [5, 5.41) is 6.82. The van der Waals surface area contributed by atoms with Crippen LogP contribution >= 0.6 is 0 Å². The molecule has 0 fully saturated rings. The summed E-state index contributed by atoms with van der Waals surface area (Å²) in [6.07, 6.45) is 0. The van der Waals surface area contributed by atoms with Gasteiger partial charge in [-0.15, -0.1) is 0 Å². The van der Waals surface area contributed by atoms with Crippen LogP contribution in [0.25, 0.3) is 0 Å². The van der Waals surface area contributed by atoms with Crippen LogP contribution in [0.5, 0.6) is 0 Å². The average molecular weight is 385 g/mol. The Morgan fingerprint density at radius 1 is 0.793 bits per heavy atom. The minimum atomic E-state index is -0.486. The molecule has 0 aliphatic rings. The minimum Gasteiger partial charge on any atom is -0.346 e. The molecule has 0 unspecified atom stereocenters. The maximum Gasteiger partial charge on any atom is 0.259 e. The third-order valence-electron chi connectivity index (χ3n) is 4.49. The second-order valence-electron chi connectivity index (χ2n) is 6.57. The van der Waals surface area contributed by atoms with Gasteiger partial charge in [0.25, 0.3) is 5.91 Å². The fraction of sp³-hybridized carbons (Fsp3) is 0.125. The Morgan fingerprint density at radius 3 is 1.79 bits per heavy atom. The third-order valence-corrected chi connectivity index (χ3v) is 4.49. The maximum atomic E-state index is 12.9. The van der Waals surface area contributed by atoms with E-state index >= 15 is 0 Å². The number of hydrogen-bond acceptors (Lipinski definition) is 3. The van der Waals surface area contributed by atoms with Crippen LogP contribution in [0.2, 0.25) is 0 Å². The van der Waals surface area contributed by atoms with Gasteiger partial charge < -0.3 is 5.32 Å². The molecule has 5 heteroatoms. The summed E-state index contributed by atoms with van der Waals surface area (Å²) in [5.74, 6) is -1.10. The lowest BCUT2D eigenvalue weighted by Gasteiger charge is -2.17. The van der Waals surface area contributed by atoms with Gasteiger partial charge in [0.1, 0.15) is 0 Å². The molecule has 0 heterocycles. The SMILES string of the molecule is C/C(=N/NC(=O)CNC(=O)C(c1ccccc1)c1ccccc1)c1ccccc1. The van der Waals surface area contributed by atoms with E-state index in [0.717, 1.165) is 16.7 Å². The highest BCUT2D eigenvalue weighted by atomic mass is 16.2. The van der Waals surface area contributed by atoms with Crippen molar-refractivity contribution in [2.75, 3.05) is 6.54 Å². The van der Waals surface area contributed by atoms with Gasteiger partial charge in [0, 0.05) is 0 Å². The first-order chi connectivity index (χ1) is 14.1. The Bertz CT molecular complexity index is 931. The van der Waals surface area contributed by atoms with Crippen molar-refractivity contribution in [1.82, 2.24) is 10.7 Å². The molecule has 0 aliphatic heterocycles. The Balaban J connectivity index is 1.64. The van der Waals surface area contributed by atoms with Crippen LogP contribution in [0.3, 0.4) is 0 Å². The van der Waals surface area contributed by atoms with Crippen LogP contribution in [0.1, 0.15) is 29.5 Å². The van der Waals surface area contributed by atoms with Gasteiger partial charge in [-0.2, -0.15) is 5.10 Å². The van der Waals surface area contributed by atoms with Crippen molar-refractivity contribution in [2.24, 2.45) is 5.10 Å². The highest BCUT2D eigenvalue weighted by Crippen LogP contribution is 2.24. The molecule has 0 radical (unpaired) electrons. The van der Waals surface area contributed by atoms with Gasteiger partial charge in [-0.05, 0) is 23.6 Å². The summed E-state index contributed by atoms with van der Waals surface area (Å²) in [5.41, 5.74) is 5.84. The van der Waals surface area contributed by atoms with Crippen LogP contribution in [-0.2, 0) is 9.59 Å². The molecule has 0 atom stereocenters. The van der Waals surface area contributed by atoms with Crippen molar-refractivity contribution < 1.29 is 9.59 Å². The molecule has 3 rings (SSSR count). The number of nitrogens with zero attached hydrogens (tertiary/aromatic N) is 1. The summed E-state index contributed by atoms with van der Waals surface area (Å²) in [6, 6.07) is 28.6. The summed E-state index contributed by atoms with van der Waals surface area (Å²) >= 11 is 0. The molecule has 0 saturated carbocycles. The van der Waals surface area contributed by atoms with E-state index in [4.69, 9.17) is 0 Å². The van der Waals surface area contributed by atoms with Gasteiger partial charge in [0.2, 0.25) is 5.91 Å². The quantitative estimate of drug-likeness (QED) is 0.483. The lowest BCUT2D eigenvalue weighted by atomic mass is 9.90. The van der Waals surface area contributed by atoms with Gasteiger partial charge >= 0.3 is 0 Å². The predicted octanol–water partition coefficient (Wildman–Crippen LogP) is 3.48. The third kappa shape index (κ3) is 5.62. The van der Waals surface area contributed by atoms with E-state index in [1.54, 1.807) is 0 Å². The van der Waals surface area contributed by atoms with Crippen LogP contribution in [0.15, 0.2) is 96.1 Å². The average Bonchev–Trinajstić information content (AvgIpc) is 2.78. The maximum absolute atomic E-state index is 12.9. The van der Waals surface area contributed by atoms with Crippen molar-refractivity contribution in [3.8, 4) is 0 Å².